The molecule has 6 heteroatoms. The molecule has 0 aromatic heterocycles. The van der Waals surface area contributed by atoms with Gasteiger partial charge in [-0.15, -0.1) is 0 Å². The number of methoxy groups -OCH3 is 1. The van der Waals surface area contributed by atoms with Gasteiger partial charge in [0.2, 0.25) is 5.91 Å². The number of piperidine rings is 1. The van der Waals surface area contributed by atoms with Crippen molar-refractivity contribution in [3.8, 4) is 0 Å². The van der Waals surface area contributed by atoms with E-state index in [1.54, 1.807) is 4.90 Å². The summed E-state index contributed by atoms with van der Waals surface area (Å²) in [5, 5.41) is 0. The van der Waals surface area contributed by atoms with Crippen LogP contribution in [0.25, 0.3) is 0 Å². The number of anilines is 1. The number of rotatable bonds is 2. The Bertz CT molecular complexity index is 626. The Morgan fingerprint density at radius 3 is 2.52 bits per heavy atom. The quantitative estimate of drug-likeness (QED) is 0.824. The van der Waals surface area contributed by atoms with Gasteiger partial charge in [0.05, 0.1) is 13.0 Å². The third-order valence-electron chi connectivity index (χ3n) is 5.16. The number of amides is 2. The van der Waals surface area contributed by atoms with Gasteiger partial charge in [0.25, 0.3) is 0 Å². The first-order valence-corrected chi connectivity index (χ1v) is 9.02. The fraction of sp³-hybridized carbons (Fsp3) is 0.579. The number of nitrogens with zero attached hydrogens (tertiary/aromatic N) is 3. The summed E-state index contributed by atoms with van der Waals surface area (Å²) >= 11 is 0. The first kappa shape index (κ1) is 17.6. The summed E-state index contributed by atoms with van der Waals surface area (Å²) in [5.74, 6) is 0.0795. The van der Waals surface area contributed by atoms with Crippen LogP contribution in [0.2, 0.25) is 0 Å². The van der Waals surface area contributed by atoms with Gasteiger partial charge in [0.1, 0.15) is 0 Å². The number of carbonyl (C=O) groups is 2. The molecule has 1 aromatic rings. The van der Waals surface area contributed by atoms with Gasteiger partial charge in [-0.2, -0.15) is 0 Å². The predicted octanol–water partition coefficient (Wildman–Crippen LogP) is 2.12. The van der Waals surface area contributed by atoms with Crippen LogP contribution in [0.1, 0.15) is 18.4 Å². The molecule has 0 bridgehead atoms. The molecule has 2 aliphatic heterocycles. The maximum absolute atomic E-state index is 12.8. The molecule has 1 atom stereocenters. The van der Waals surface area contributed by atoms with E-state index in [0.29, 0.717) is 13.1 Å². The van der Waals surface area contributed by atoms with Crippen molar-refractivity contribution in [2.45, 2.75) is 19.8 Å². The third kappa shape index (κ3) is 4.06. The lowest BCUT2D eigenvalue weighted by Crippen LogP contribution is -2.53. The highest BCUT2D eigenvalue weighted by atomic mass is 16.5. The number of ether oxygens (including phenoxy) is 1. The topological polar surface area (TPSA) is 53.1 Å². The van der Waals surface area contributed by atoms with Crippen molar-refractivity contribution in [1.29, 1.82) is 0 Å². The van der Waals surface area contributed by atoms with Crippen LogP contribution in [-0.2, 0) is 9.53 Å². The SMILES string of the molecule is COC(=O)N1CCCC(C(=O)N2CCN(c3cccc(C)c3)CC2)C1. The average molecular weight is 345 g/mol. The van der Waals surface area contributed by atoms with Crippen molar-refractivity contribution < 1.29 is 14.3 Å². The molecule has 0 radical (unpaired) electrons. The zero-order valence-corrected chi connectivity index (χ0v) is 15.1. The second kappa shape index (κ2) is 7.76. The second-order valence-electron chi connectivity index (χ2n) is 6.91. The summed E-state index contributed by atoms with van der Waals surface area (Å²) in [5.41, 5.74) is 2.47. The Morgan fingerprint density at radius 2 is 1.84 bits per heavy atom. The van der Waals surface area contributed by atoms with Gasteiger partial charge in [0, 0.05) is 45.0 Å². The van der Waals surface area contributed by atoms with E-state index in [9.17, 15) is 9.59 Å². The molecule has 0 saturated carbocycles. The molecule has 1 unspecified atom stereocenters. The van der Waals surface area contributed by atoms with Crippen LogP contribution in [0, 0.1) is 12.8 Å². The van der Waals surface area contributed by atoms with E-state index in [-0.39, 0.29) is 17.9 Å². The van der Waals surface area contributed by atoms with Crippen molar-refractivity contribution in [2.24, 2.45) is 5.92 Å². The van der Waals surface area contributed by atoms with Crippen LogP contribution in [0.15, 0.2) is 24.3 Å². The fourth-order valence-electron chi connectivity index (χ4n) is 3.74. The van der Waals surface area contributed by atoms with Gasteiger partial charge in [-0.25, -0.2) is 4.79 Å². The van der Waals surface area contributed by atoms with Crippen molar-refractivity contribution in [3.63, 3.8) is 0 Å². The summed E-state index contributed by atoms with van der Waals surface area (Å²) in [6.45, 7) is 6.43. The van der Waals surface area contributed by atoms with E-state index >= 15 is 0 Å². The van der Waals surface area contributed by atoms with Gasteiger partial charge < -0.3 is 19.4 Å². The highest BCUT2D eigenvalue weighted by Crippen LogP contribution is 2.22. The monoisotopic (exact) mass is 345 g/mol. The molecule has 0 N–H and O–H groups in total. The van der Waals surface area contributed by atoms with Crippen LogP contribution < -0.4 is 4.90 Å². The molecule has 3 rings (SSSR count). The first-order valence-electron chi connectivity index (χ1n) is 9.02. The Labute approximate surface area is 149 Å². The van der Waals surface area contributed by atoms with E-state index in [1.807, 2.05) is 4.90 Å². The summed E-state index contributed by atoms with van der Waals surface area (Å²) < 4.78 is 4.79. The number of hydrogen-bond acceptors (Lipinski definition) is 4. The summed E-state index contributed by atoms with van der Waals surface area (Å²) in [4.78, 5) is 30.5. The van der Waals surface area contributed by atoms with Crippen LogP contribution in [0.5, 0.6) is 0 Å². The van der Waals surface area contributed by atoms with Crippen molar-refractivity contribution >= 4 is 17.7 Å². The van der Waals surface area contributed by atoms with E-state index in [0.717, 1.165) is 39.0 Å². The molecule has 6 nitrogen and oxygen atoms in total. The van der Waals surface area contributed by atoms with Crippen molar-refractivity contribution in [2.75, 3.05) is 51.3 Å². The zero-order chi connectivity index (χ0) is 17.8. The summed E-state index contributed by atoms with van der Waals surface area (Å²) in [6, 6.07) is 8.48. The van der Waals surface area contributed by atoms with Crippen LogP contribution in [-0.4, -0.2) is 68.2 Å². The molecular weight excluding hydrogens is 318 g/mol. The molecule has 2 amide bonds. The Kier molecular flexibility index (Phi) is 5.46. The van der Waals surface area contributed by atoms with Gasteiger partial charge >= 0.3 is 6.09 Å². The third-order valence-corrected chi connectivity index (χ3v) is 5.16. The van der Waals surface area contributed by atoms with Gasteiger partial charge in [-0.3, -0.25) is 4.79 Å². The van der Waals surface area contributed by atoms with Gasteiger partial charge in [0.15, 0.2) is 0 Å². The van der Waals surface area contributed by atoms with Crippen LogP contribution >= 0.6 is 0 Å². The normalized spacial score (nSPS) is 21.2. The van der Waals surface area contributed by atoms with Crippen molar-refractivity contribution in [3.05, 3.63) is 29.8 Å². The Balaban J connectivity index is 1.55. The van der Waals surface area contributed by atoms with E-state index in [4.69, 9.17) is 4.74 Å². The van der Waals surface area contributed by atoms with Gasteiger partial charge in [-0.05, 0) is 37.5 Å². The molecule has 2 heterocycles. The number of aryl methyl sites for hydroxylation is 1. The lowest BCUT2D eigenvalue weighted by molar-refractivity contribution is -0.137. The number of piperazine rings is 1. The van der Waals surface area contributed by atoms with Crippen LogP contribution in [0.4, 0.5) is 10.5 Å². The minimum atomic E-state index is -0.332. The number of benzene rings is 1. The highest BCUT2D eigenvalue weighted by Gasteiger charge is 2.32. The smallest absolute Gasteiger partial charge is 0.409 e. The minimum absolute atomic E-state index is 0.0987. The van der Waals surface area contributed by atoms with E-state index < -0.39 is 0 Å². The standard InChI is InChI=1S/C19H27N3O3/c1-15-5-3-7-17(13-15)20-9-11-21(12-10-20)18(23)16-6-4-8-22(14-16)19(24)25-2/h3,5,7,13,16H,4,6,8-12,14H2,1-2H3. The predicted molar refractivity (Wildman–Crippen MR) is 96.7 cm³/mol. The number of likely N-dealkylation sites (tertiary alicyclic amines) is 1. The Hall–Kier alpha value is -2.24. The molecule has 136 valence electrons. The fourth-order valence-corrected chi connectivity index (χ4v) is 3.74. The molecule has 2 aliphatic rings. The largest absolute Gasteiger partial charge is 0.453 e. The molecule has 2 fully saturated rings. The zero-order valence-electron chi connectivity index (χ0n) is 15.1. The van der Waals surface area contributed by atoms with Gasteiger partial charge in [-0.1, -0.05) is 12.1 Å². The van der Waals surface area contributed by atoms with E-state index in [2.05, 4.69) is 36.1 Å². The molecule has 0 spiro atoms. The lowest BCUT2D eigenvalue weighted by atomic mass is 9.96. The molecule has 25 heavy (non-hydrogen) atoms. The Morgan fingerprint density at radius 1 is 1.08 bits per heavy atom. The van der Waals surface area contributed by atoms with Crippen LogP contribution in [0.3, 0.4) is 0 Å². The highest BCUT2D eigenvalue weighted by molar-refractivity contribution is 5.80. The number of hydrogen-bond donors (Lipinski definition) is 0. The lowest BCUT2D eigenvalue weighted by Gasteiger charge is -2.39. The molecular formula is C19H27N3O3. The molecule has 1 aromatic carbocycles. The first-order chi connectivity index (χ1) is 12.1. The molecule has 0 aliphatic carbocycles. The summed E-state index contributed by atoms with van der Waals surface area (Å²) in [7, 11) is 1.39. The minimum Gasteiger partial charge on any atom is -0.453 e. The van der Waals surface area contributed by atoms with E-state index in [1.165, 1.54) is 18.4 Å². The second-order valence-corrected chi connectivity index (χ2v) is 6.91. The average Bonchev–Trinajstić information content (AvgIpc) is 2.67. The maximum Gasteiger partial charge on any atom is 0.409 e. The van der Waals surface area contributed by atoms with Crippen molar-refractivity contribution in [1.82, 2.24) is 9.80 Å². The maximum atomic E-state index is 12.8. The number of carbonyl (C=O) groups excluding carboxylic acids is 2. The molecule has 2 saturated heterocycles. The summed E-state index contributed by atoms with van der Waals surface area (Å²) in [6.07, 6.45) is 1.38.